The molecular weight excluding hydrogens is 375 g/mol. The van der Waals surface area contributed by atoms with Crippen molar-refractivity contribution in [2.24, 2.45) is 5.92 Å². The minimum atomic E-state index is -3.80. The first kappa shape index (κ1) is 17.7. The lowest BCUT2D eigenvalue weighted by molar-refractivity contribution is 0.358. The van der Waals surface area contributed by atoms with E-state index in [2.05, 4.69) is 26.0 Å². The normalized spacial score (nSPS) is 19.1. The first-order chi connectivity index (χ1) is 10.4. The zero-order valence-corrected chi connectivity index (χ0v) is 14.8. The molecule has 1 aliphatic rings. The maximum Gasteiger partial charge on any atom is 0.244 e. The second-order valence-corrected chi connectivity index (χ2v) is 7.91. The summed E-state index contributed by atoms with van der Waals surface area (Å²) < 4.78 is 46.0. The molecule has 0 bridgehead atoms. The summed E-state index contributed by atoms with van der Waals surface area (Å²) in [6, 6.07) is 2.28. The van der Waals surface area contributed by atoms with Crippen molar-refractivity contribution in [3.63, 3.8) is 0 Å². The van der Waals surface area contributed by atoms with Gasteiger partial charge in [-0.25, -0.2) is 17.5 Å². The summed E-state index contributed by atoms with van der Waals surface area (Å²) in [5.41, 5.74) is 0. The van der Waals surface area contributed by atoms with Gasteiger partial charge in [0, 0.05) is 6.54 Å². The minimum Gasteiger partial charge on any atom is -0.495 e. The fraction of sp³-hybridized carbons (Fsp3) is 0.571. The molecule has 0 aliphatic carbocycles. The monoisotopic (exact) mass is 394 g/mol. The Kier molecular flexibility index (Phi) is 6.19. The Labute approximate surface area is 138 Å². The van der Waals surface area contributed by atoms with Gasteiger partial charge in [0.05, 0.1) is 11.6 Å². The van der Waals surface area contributed by atoms with E-state index in [9.17, 15) is 12.8 Å². The van der Waals surface area contributed by atoms with E-state index in [1.807, 2.05) is 0 Å². The fourth-order valence-electron chi connectivity index (χ4n) is 2.53. The van der Waals surface area contributed by atoms with Gasteiger partial charge in [-0.2, -0.15) is 0 Å². The molecule has 8 heteroatoms. The highest BCUT2D eigenvalue weighted by molar-refractivity contribution is 9.10. The summed E-state index contributed by atoms with van der Waals surface area (Å²) in [6.07, 6.45) is 2.97. The van der Waals surface area contributed by atoms with Crippen LogP contribution in [0.15, 0.2) is 21.5 Å². The average Bonchev–Trinajstić information content (AvgIpc) is 2.50. The van der Waals surface area contributed by atoms with Crippen LogP contribution in [-0.4, -0.2) is 35.2 Å². The smallest absolute Gasteiger partial charge is 0.244 e. The Hall–Kier alpha value is -0.700. The first-order valence-electron chi connectivity index (χ1n) is 7.17. The Morgan fingerprint density at radius 2 is 2.27 bits per heavy atom. The van der Waals surface area contributed by atoms with Gasteiger partial charge in [0.2, 0.25) is 10.0 Å². The van der Waals surface area contributed by atoms with E-state index in [1.54, 1.807) is 0 Å². The van der Waals surface area contributed by atoms with Gasteiger partial charge >= 0.3 is 0 Å². The molecule has 2 rings (SSSR count). The Morgan fingerprint density at radius 3 is 2.91 bits per heavy atom. The second-order valence-electron chi connectivity index (χ2n) is 5.32. The van der Waals surface area contributed by atoms with E-state index in [1.165, 1.54) is 13.2 Å². The quantitative estimate of drug-likeness (QED) is 0.776. The topological polar surface area (TPSA) is 67.4 Å². The SMILES string of the molecule is COc1cc(Br)c(F)cc1S(=O)(=O)NCCC1CCCNC1. The zero-order chi connectivity index (χ0) is 16.2. The van der Waals surface area contributed by atoms with Crippen LogP contribution in [-0.2, 0) is 10.0 Å². The van der Waals surface area contributed by atoms with Gasteiger partial charge in [-0.1, -0.05) is 0 Å². The van der Waals surface area contributed by atoms with Gasteiger partial charge < -0.3 is 10.1 Å². The Bertz CT molecular complexity index is 619. The lowest BCUT2D eigenvalue weighted by Gasteiger charge is -2.22. The van der Waals surface area contributed by atoms with Gasteiger partial charge in [0.15, 0.2) is 0 Å². The van der Waals surface area contributed by atoms with Crippen LogP contribution < -0.4 is 14.8 Å². The van der Waals surface area contributed by atoms with Crippen LogP contribution in [0.4, 0.5) is 4.39 Å². The van der Waals surface area contributed by atoms with Crippen molar-refractivity contribution >= 4 is 26.0 Å². The molecule has 0 aromatic heterocycles. The predicted molar refractivity (Wildman–Crippen MR) is 86.1 cm³/mol. The van der Waals surface area contributed by atoms with Crippen LogP contribution in [0.5, 0.6) is 5.75 Å². The van der Waals surface area contributed by atoms with E-state index in [-0.39, 0.29) is 15.1 Å². The van der Waals surface area contributed by atoms with Crippen LogP contribution in [0.2, 0.25) is 0 Å². The molecule has 2 N–H and O–H groups in total. The molecule has 1 aromatic rings. The number of nitrogens with one attached hydrogen (secondary N) is 2. The number of ether oxygens (including phenoxy) is 1. The summed E-state index contributed by atoms with van der Waals surface area (Å²) in [5.74, 6) is -0.0576. The van der Waals surface area contributed by atoms with Crippen molar-refractivity contribution in [2.75, 3.05) is 26.7 Å². The molecule has 0 amide bonds. The van der Waals surface area contributed by atoms with Crippen molar-refractivity contribution in [1.29, 1.82) is 0 Å². The molecule has 1 saturated heterocycles. The number of hydrogen-bond acceptors (Lipinski definition) is 4. The Morgan fingerprint density at radius 1 is 1.50 bits per heavy atom. The number of rotatable bonds is 6. The molecule has 22 heavy (non-hydrogen) atoms. The van der Waals surface area contributed by atoms with Gasteiger partial charge in [-0.05, 0) is 66.3 Å². The van der Waals surface area contributed by atoms with E-state index < -0.39 is 15.8 Å². The van der Waals surface area contributed by atoms with Gasteiger partial charge in [0.25, 0.3) is 0 Å². The Balaban J connectivity index is 2.04. The maximum atomic E-state index is 13.6. The average molecular weight is 395 g/mol. The predicted octanol–water partition coefficient (Wildman–Crippen LogP) is 2.26. The molecule has 1 fully saturated rings. The third-order valence-electron chi connectivity index (χ3n) is 3.74. The van der Waals surface area contributed by atoms with E-state index in [4.69, 9.17) is 4.74 Å². The van der Waals surface area contributed by atoms with Gasteiger partial charge in [-0.15, -0.1) is 0 Å². The molecule has 124 valence electrons. The minimum absolute atomic E-state index is 0.111. The van der Waals surface area contributed by atoms with Crippen LogP contribution in [0.25, 0.3) is 0 Å². The maximum absolute atomic E-state index is 13.6. The highest BCUT2D eigenvalue weighted by Crippen LogP contribution is 2.29. The number of sulfonamides is 1. The summed E-state index contributed by atoms with van der Waals surface area (Å²) in [5, 5.41) is 3.29. The molecule has 1 aliphatic heterocycles. The number of methoxy groups -OCH3 is 1. The number of piperidine rings is 1. The lowest BCUT2D eigenvalue weighted by Crippen LogP contribution is -2.33. The summed E-state index contributed by atoms with van der Waals surface area (Å²) in [4.78, 5) is -0.183. The highest BCUT2D eigenvalue weighted by Gasteiger charge is 2.22. The summed E-state index contributed by atoms with van der Waals surface area (Å²) in [7, 11) is -2.45. The second kappa shape index (κ2) is 7.72. The first-order valence-corrected chi connectivity index (χ1v) is 9.45. The third kappa shape index (κ3) is 4.41. The van der Waals surface area contributed by atoms with Crippen molar-refractivity contribution in [3.05, 3.63) is 22.4 Å². The molecule has 0 saturated carbocycles. The van der Waals surface area contributed by atoms with Crippen molar-refractivity contribution in [3.8, 4) is 5.75 Å². The molecule has 1 atom stereocenters. The van der Waals surface area contributed by atoms with Crippen LogP contribution in [0, 0.1) is 11.7 Å². The van der Waals surface area contributed by atoms with Crippen molar-refractivity contribution in [2.45, 2.75) is 24.2 Å². The molecule has 1 unspecified atom stereocenters. The molecule has 1 heterocycles. The number of benzene rings is 1. The van der Waals surface area contributed by atoms with E-state index in [0.29, 0.717) is 12.5 Å². The van der Waals surface area contributed by atoms with Gasteiger partial charge in [0.1, 0.15) is 16.5 Å². The molecular formula is C14H20BrFN2O3S. The van der Waals surface area contributed by atoms with Crippen LogP contribution in [0.1, 0.15) is 19.3 Å². The molecule has 0 spiro atoms. The summed E-state index contributed by atoms with van der Waals surface area (Å²) in [6.45, 7) is 2.27. The number of halogens is 2. The van der Waals surface area contributed by atoms with Gasteiger partial charge in [-0.3, -0.25) is 0 Å². The van der Waals surface area contributed by atoms with Crippen molar-refractivity contribution < 1.29 is 17.5 Å². The lowest BCUT2D eigenvalue weighted by atomic mass is 9.96. The van der Waals surface area contributed by atoms with Crippen molar-refractivity contribution in [1.82, 2.24) is 10.0 Å². The zero-order valence-electron chi connectivity index (χ0n) is 12.4. The standard InChI is InChI=1S/C14H20BrFN2O3S/c1-21-13-7-11(15)12(16)8-14(13)22(19,20)18-6-4-10-3-2-5-17-9-10/h7-8,10,17-18H,2-6,9H2,1H3. The highest BCUT2D eigenvalue weighted by atomic mass is 79.9. The molecule has 0 radical (unpaired) electrons. The molecule has 5 nitrogen and oxygen atoms in total. The largest absolute Gasteiger partial charge is 0.495 e. The van der Waals surface area contributed by atoms with Crippen LogP contribution >= 0.6 is 15.9 Å². The van der Waals surface area contributed by atoms with E-state index >= 15 is 0 Å². The fourth-order valence-corrected chi connectivity index (χ4v) is 4.06. The summed E-state index contributed by atoms with van der Waals surface area (Å²) >= 11 is 3.02. The van der Waals surface area contributed by atoms with Crippen LogP contribution in [0.3, 0.4) is 0 Å². The third-order valence-corrected chi connectivity index (χ3v) is 5.83. The molecule has 1 aromatic carbocycles. The number of hydrogen-bond donors (Lipinski definition) is 2. The van der Waals surface area contributed by atoms with E-state index in [0.717, 1.165) is 38.4 Å².